The molecule has 2 aliphatic heterocycles. The van der Waals surface area contributed by atoms with Gasteiger partial charge in [-0.05, 0) is 37.8 Å². The van der Waals surface area contributed by atoms with Gasteiger partial charge in [0.15, 0.2) is 0 Å². The van der Waals surface area contributed by atoms with E-state index in [9.17, 15) is 9.59 Å². The molecule has 0 spiro atoms. The molecule has 1 aromatic carbocycles. The lowest BCUT2D eigenvalue weighted by molar-refractivity contribution is -0.132. The summed E-state index contributed by atoms with van der Waals surface area (Å²) in [6, 6.07) is 7.18. The predicted octanol–water partition coefficient (Wildman–Crippen LogP) is 3.01. The van der Waals surface area contributed by atoms with Crippen molar-refractivity contribution in [3.05, 3.63) is 51.7 Å². The number of piperidine rings is 1. The quantitative estimate of drug-likeness (QED) is 0.349. The van der Waals surface area contributed by atoms with Crippen molar-refractivity contribution in [1.29, 1.82) is 0 Å². The highest BCUT2D eigenvalue weighted by Gasteiger charge is 2.24. The maximum Gasteiger partial charge on any atom is 0.260 e. The predicted molar refractivity (Wildman–Crippen MR) is 154 cm³/mol. The Hall–Kier alpha value is -3.87. The smallest absolute Gasteiger partial charge is 0.260 e. The Kier molecular flexibility index (Phi) is 7.69. The first-order valence-corrected chi connectivity index (χ1v) is 14.1. The van der Waals surface area contributed by atoms with Gasteiger partial charge in [0.25, 0.3) is 5.56 Å². The molecule has 1 amide bonds. The fraction of sp³-hybridized carbons (Fsp3) is 0.429. The van der Waals surface area contributed by atoms with E-state index in [1.807, 2.05) is 0 Å². The molecule has 2 saturated heterocycles. The normalized spacial score (nSPS) is 16.8. The number of likely N-dealkylation sites (tertiary alicyclic amines) is 1. The van der Waals surface area contributed by atoms with Crippen LogP contribution < -0.4 is 16.6 Å². The van der Waals surface area contributed by atoms with Crippen LogP contribution in [0.5, 0.6) is 0 Å². The average molecular weight is 579 g/mol. The van der Waals surface area contributed by atoms with Crippen LogP contribution in [-0.4, -0.2) is 73.9 Å². The lowest BCUT2D eigenvalue weighted by Gasteiger charge is -2.30. The van der Waals surface area contributed by atoms with E-state index < -0.39 is 0 Å². The summed E-state index contributed by atoms with van der Waals surface area (Å²) in [6.45, 7) is 3.99. The minimum Gasteiger partial charge on any atom is -0.381 e. The molecule has 2 fully saturated rings. The number of aromatic nitrogens is 5. The Morgan fingerprint density at radius 1 is 1.12 bits per heavy atom. The van der Waals surface area contributed by atoms with E-state index in [-0.39, 0.29) is 30.1 Å². The maximum atomic E-state index is 14.0. The Balaban J connectivity index is 1.40. The van der Waals surface area contributed by atoms with Gasteiger partial charge in [0.05, 0.1) is 0 Å². The molecule has 0 aliphatic carbocycles. The molecule has 41 heavy (non-hydrogen) atoms. The number of hydrogen-bond donors (Lipinski definition) is 2. The van der Waals surface area contributed by atoms with E-state index in [0.29, 0.717) is 76.7 Å². The van der Waals surface area contributed by atoms with Crippen LogP contribution >= 0.6 is 11.6 Å². The number of ether oxygens (including phenoxy) is 1. The number of aryl methyl sites for hydroxylation is 1. The summed E-state index contributed by atoms with van der Waals surface area (Å²) in [4.78, 5) is 42.7. The van der Waals surface area contributed by atoms with Gasteiger partial charge >= 0.3 is 0 Å². The average Bonchev–Trinajstić information content (AvgIpc) is 3.42. The second-order valence-electron chi connectivity index (χ2n) is 10.5. The third kappa shape index (κ3) is 5.81. The zero-order valence-corrected chi connectivity index (χ0v) is 23.4. The Morgan fingerprint density at radius 3 is 2.61 bits per heavy atom. The number of pyridine rings is 1. The van der Waals surface area contributed by atoms with E-state index in [1.165, 1.54) is 4.57 Å². The van der Waals surface area contributed by atoms with Gasteiger partial charge in [-0.1, -0.05) is 28.9 Å². The Labute approximate surface area is 240 Å². The van der Waals surface area contributed by atoms with Crippen LogP contribution in [0.3, 0.4) is 0 Å². The first-order valence-electron chi connectivity index (χ1n) is 13.7. The van der Waals surface area contributed by atoms with Crippen molar-refractivity contribution >= 4 is 34.5 Å². The number of nitrogens with one attached hydrogen (secondary N) is 1. The molecule has 5 heterocycles. The third-order valence-electron chi connectivity index (χ3n) is 7.61. The zero-order valence-electron chi connectivity index (χ0n) is 22.7. The number of anilines is 1. The summed E-state index contributed by atoms with van der Waals surface area (Å²) in [6.07, 6.45) is 4.79. The van der Waals surface area contributed by atoms with Gasteiger partial charge in [-0.2, -0.15) is 9.97 Å². The highest BCUT2D eigenvalue weighted by Crippen LogP contribution is 2.31. The van der Waals surface area contributed by atoms with E-state index in [2.05, 4.69) is 20.4 Å². The van der Waals surface area contributed by atoms with E-state index in [4.69, 9.17) is 31.6 Å². The molecule has 4 aromatic rings. The topological polar surface area (TPSA) is 154 Å². The number of nitrogens with two attached hydrogens (primary N) is 1. The second-order valence-corrected chi connectivity index (χ2v) is 10.9. The molecule has 12 nitrogen and oxygen atoms in total. The highest BCUT2D eigenvalue weighted by molar-refractivity contribution is 6.33. The van der Waals surface area contributed by atoms with Crippen molar-refractivity contribution in [1.82, 2.24) is 29.6 Å². The van der Waals surface area contributed by atoms with Crippen LogP contribution in [0.1, 0.15) is 31.6 Å². The molecule has 0 atom stereocenters. The van der Waals surface area contributed by atoms with E-state index in [0.717, 1.165) is 25.7 Å². The molecule has 3 aromatic heterocycles. The van der Waals surface area contributed by atoms with Gasteiger partial charge in [-0.3, -0.25) is 14.2 Å². The summed E-state index contributed by atoms with van der Waals surface area (Å²) in [5, 5.41) is 8.24. The molecule has 3 N–H and O–H groups in total. The SMILES string of the molecule is Cc1nc(-c2ccc(-c3cc4cnc(NC5CCOCC5)nc4n(CC(=O)N4CCC(N)CC4)c3=O)c(Cl)c2)no1. The number of amides is 1. The molecule has 0 saturated carbocycles. The summed E-state index contributed by atoms with van der Waals surface area (Å²) < 4.78 is 12.0. The van der Waals surface area contributed by atoms with Gasteiger partial charge in [0.1, 0.15) is 12.2 Å². The number of carbonyl (C=O) groups is 1. The highest BCUT2D eigenvalue weighted by atomic mass is 35.5. The number of hydrogen-bond acceptors (Lipinski definition) is 10. The van der Waals surface area contributed by atoms with Gasteiger partial charge in [-0.25, -0.2) is 4.98 Å². The molecule has 0 unspecified atom stereocenters. The van der Waals surface area contributed by atoms with Gasteiger partial charge in [0, 0.05) is 78.6 Å². The van der Waals surface area contributed by atoms with Crippen molar-refractivity contribution in [2.75, 3.05) is 31.6 Å². The van der Waals surface area contributed by atoms with Crippen LogP contribution in [0, 0.1) is 6.92 Å². The minimum absolute atomic E-state index is 0.0824. The monoisotopic (exact) mass is 578 g/mol. The van der Waals surface area contributed by atoms with Crippen molar-refractivity contribution in [2.45, 2.75) is 51.2 Å². The van der Waals surface area contributed by atoms with Crippen molar-refractivity contribution in [2.24, 2.45) is 5.73 Å². The van der Waals surface area contributed by atoms with Crippen LogP contribution in [0.4, 0.5) is 5.95 Å². The molecule has 0 radical (unpaired) electrons. The number of fused-ring (bicyclic) bond motifs is 1. The molecule has 2 aliphatic rings. The molecule has 13 heteroatoms. The lowest BCUT2D eigenvalue weighted by atomic mass is 10.0. The Bertz CT molecular complexity index is 1640. The number of halogens is 1. The van der Waals surface area contributed by atoms with Crippen LogP contribution in [0.25, 0.3) is 33.5 Å². The summed E-state index contributed by atoms with van der Waals surface area (Å²) >= 11 is 6.70. The van der Waals surface area contributed by atoms with Crippen molar-refractivity contribution in [3.8, 4) is 22.5 Å². The third-order valence-corrected chi connectivity index (χ3v) is 7.92. The van der Waals surface area contributed by atoms with Gasteiger partial charge in [0.2, 0.25) is 23.6 Å². The standard InChI is InChI=1S/C28H31ClN8O4/c1-16-32-25(35-41-16)17-2-3-21(23(29)13-17)22-12-18-14-31-28(33-20-6-10-40-11-7-20)34-26(18)37(27(22)39)15-24(38)36-8-4-19(30)5-9-36/h2-3,12-14,19-20H,4-11,15,30H2,1H3,(H,31,33,34). The zero-order chi connectivity index (χ0) is 28.5. The fourth-order valence-electron chi connectivity index (χ4n) is 5.27. The Morgan fingerprint density at radius 2 is 1.90 bits per heavy atom. The van der Waals surface area contributed by atoms with Crippen molar-refractivity contribution < 1.29 is 14.1 Å². The number of rotatable bonds is 6. The lowest BCUT2D eigenvalue weighted by Crippen LogP contribution is -2.45. The van der Waals surface area contributed by atoms with Gasteiger partial charge in [-0.15, -0.1) is 0 Å². The molecule has 6 rings (SSSR count). The molecular weight excluding hydrogens is 548 g/mol. The number of benzene rings is 1. The largest absolute Gasteiger partial charge is 0.381 e. The molecular formula is C28H31ClN8O4. The van der Waals surface area contributed by atoms with Crippen LogP contribution in [0.2, 0.25) is 5.02 Å². The first kappa shape index (κ1) is 27.3. The maximum absolute atomic E-state index is 14.0. The summed E-state index contributed by atoms with van der Waals surface area (Å²) in [5.41, 5.74) is 7.54. The van der Waals surface area contributed by atoms with E-state index >= 15 is 0 Å². The number of carbonyl (C=O) groups excluding carboxylic acids is 1. The molecule has 214 valence electrons. The fourth-order valence-corrected chi connectivity index (χ4v) is 5.55. The van der Waals surface area contributed by atoms with Crippen molar-refractivity contribution in [3.63, 3.8) is 0 Å². The van der Waals surface area contributed by atoms with Crippen LogP contribution in [-0.2, 0) is 16.1 Å². The first-order chi connectivity index (χ1) is 19.9. The second kappa shape index (κ2) is 11.6. The van der Waals surface area contributed by atoms with E-state index in [1.54, 1.807) is 42.3 Å². The summed E-state index contributed by atoms with van der Waals surface area (Å²) in [5.74, 6) is 1.07. The van der Waals surface area contributed by atoms with Crippen LogP contribution in [0.15, 0.2) is 39.8 Å². The molecule has 0 bridgehead atoms. The summed E-state index contributed by atoms with van der Waals surface area (Å²) in [7, 11) is 0. The number of nitrogens with zero attached hydrogens (tertiary/aromatic N) is 6. The van der Waals surface area contributed by atoms with Gasteiger partial charge < -0.3 is 25.2 Å². The minimum atomic E-state index is -0.375.